The van der Waals surface area contributed by atoms with E-state index in [0.29, 0.717) is 0 Å². The summed E-state index contributed by atoms with van der Waals surface area (Å²) in [5.74, 6) is 0.0452. The Morgan fingerprint density at radius 1 is 0.415 bits per heavy atom. The molecule has 0 saturated carbocycles. The van der Waals surface area contributed by atoms with E-state index in [2.05, 4.69) is 48.2 Å². The van der Waals surface area contributed by atoms with Gasteiger partial charge in [0.05, 0.1) is 13.2 Å². The first-order valence-electron chi connectivity index (χ1n) is 21.5. The van der Waals surface area contributed by atoms with E-state index in [9.17, 15) is 25.9 Å². The molecule has 53 heavy (non-hydrogen) atoms. The first kappa shape index (κ1) is 57.8. The van der Waals surface area contributed by atoms with Crippen molar-refractivity contribution in [1.29, 1.82) is 0 Å². The van der Waals surface area contributed by atoms with Crippen molar-refractivity contribution in [2.24, 2.45) is 11.8 Å². The molecular formula is C42H82CaO8S2. The number of rotatable bonds is 38. The van der Waals surface area contributed by atoms with Gasteiger partial charge in [-0.1, -0.05) is 206 Å². The molecule has 0 rings (SSSR count). The van der Waals surface area contributed by atoms with E-state index in [4.69, 9.17) is 0 Å². The van der Waals surface area contributed by atoms with Crippen LogP contribution in [0.25, 0.3) is 0 Å². The van der Waals surface area contributed by atoms with Gasteiger partial charge in [-0.2, -0.15) is 0 Å². The molecule has 0 aliphatic heterocycles. The van der Waals surface area contributed by atoms with Crippen molar-refractivity contribution in [3.63, 3.8) is 0 Å². The van der Waals surface area contributed by atoms with Crippen LogP contribution >= 0.6 is 0 Å². The first-order chi connectivity index (χ1) is 25.0. The van der Waals surface area contributed by atoms with Crippen LogP contribution in [0.3, 0.4) is 0 Å². The summed E-state index contributed by atoms with van der Waals surface area (Å²) in [6, 6.07) is 0. The smallest absolute Gasteiger partial charge is 0.726 e. The van der Waals surface area contributed by atoms with E-state index in [1.54, 1.807) is 0 Å². The van der Waals surface area contributed by atoms with Gasteiger partial charge in [-0.3, -0.25) is 8.37 Å². The second kappa shape index (κ2) is 43.6. The summed E-state index contributed by atoms with van der Waals surface area (Å²) in [5, 5.41) is 0. The third kappa shape index (κ3) is 52.5. The molecule has 0 radical (unpaired) electrons. The fourth-order valence-electron chi connectivity index (χ4n) is 6.20. The van der Waals surface area contributed by atoms with Crippen molar-refractivity contribution < 1.29 is 34.3 Å². The van der Waals surface area contributed by atoms with E-state index < -0.39 is 20.8 Å². The second-order valence-corrected chi connectivity index (χ2v) is 16.8. The Morgan fingerprint density at radius 3 is 0.925 bits per heavy atom. The van der Waals surface area contributed by atoms with Crippen LogP contribution in [0.15, 0.2) is 24.3 Å². The maximum Gasteiger partial charge on any atom is 2.00 e. The maximum absolute atomic E-state index is 10.7. The van der Waals surface area contributed by atoms with Crippen molar-refractivity contribution in [3.05, 3.63) is 24.3 Å². The van der Waals surface area contributed by atoms with Gasteiger partial charge in [-0.25, -0.2) is 16.8 Å². The molecule has 0 amide bonds. The summed E-state index contributed by atoms with van der Waals surface area (Å²) in [5.41, 5.74) is 0. The molecule has 8 nitrogen and oxygen atoms in total. The summed E-state index contributed by atoms with van der Waals surface area (Å²) >= 11 is 0. The SMILES string of the molecule is CCCCCCCCCC/C=C/C(CCCCCCC)COS(=O)(=O)[O-].CCCCCCCCCC/C=C/C(CCCCCCC)COS(=O)(=O)[O-].[Ca+2]. The van der Waals surface area contributed by atoms with Crippen LogP contribution in [0, 0.1) is 11.8 Å². The monoisotopic (exact) mass is 819 g/mol. The molecular weight excluding hydrogens is 737 g/mol. The van der Waals surface area contributed by atoms with Crippen LogP contribution < -0.4 is 0 Å². The molecule has 0 fully saturated rings. The van der Waals surface area contributed by atoms with Gasteiger partial charge in [-0.15, -0.1) is 0 Å². The molecule has 0 spiro atoms. The van der Waals surface area contributed by atoms with Crippen LogP contribution in [0.5, 0.6) is 0 Å². The number of hydrogen-bond donors (Lipinski definition) is 0. The van der Waals surface area contributed by atoms with Gasteiger partial charge >= 0.3 is 37.7 Å². The Morgan fingerprint density at radius 2 is 0.660 bits per heavy atom. The fraction of sp³-hybridized carbons (Fsp3) is 0.905. The average molecular weight is 819 g/mol. The van der Waals surface area contributed by atoms with Crippen molar-refractivity contribution in [1.82, 2.24) is 0 Å². The zero-order valence-electron chi connectivity index (χ0n) is 34.9. The first-order valence-corrected chi connectivity index (χ1v) is 24.2. The van der Waals surface area contributed by atoms with Gasteiger partial charge < -0.3 is 9.11 Å². The molecule has 0 aromatic carbocycles. The summed E-state index contributed by atoms with van der Waals surface area (Å²) in [4.78, 5) is 0. The van der Waals surface area contributed by atoms with Crippen LogP contribution in [0.2, 0.25) is 0 Å². The van der Waals surface area contributed by atoms with Crippen molar-refractivity contribution in [3.8, 4) is 0 Å². The molecule has 0 aromatic heterocycles. The number of hydrogen-bond acceptors (Lipinski definition) is 8. The molecule has 0 heterocycles. The summed E-state index contributed by atoms with van der Waals surface area (Å²) < 4.78 is 73.1. The average Bonchev–Trinajstić information content (AvgIpc) is 3.09. The van der Waals surface area contributed by atoms with E-state index >= 15 is 0 Å². The Bertz CT molecular complexity index is 923. The summed E-state index contributed by atoms with van der Waals surface area (Å²) in [6.45, 7) is 8.80. The standard InChI is InChI=1S/2C21H42O4S.Ca/c2*1-3-5-7-9-10-11-12-13-15-17-19-21(20-25-26(22,23)24)18-16-14-8-6-4-2;/h2*17,19,21H,3-16,18,20H2,1-2H3,(H,22,23,24);/q;;+2/p-2/b2*19-17+;. The minimum Gasteiger partial charge on any atom is -0.726 e. The number of allylic oxidation sites excluding steroid dienone is 2. The molecule has 0 N–H and O–H groups in total. The van der Waals surface area contributed by atoms with Crippen LogP contribution in [0.4, 0.5) is 0 Å². The fourth-order valence-corrected chi connectivity index (χ4v) is 6.88. The Labute approximate surface area is 359 Å². The van der Waals surface area contributed by atoms with Gasteiger partial charge in [0, 0.05) is 11.8 Å². The topological polar surface area (TPSA) is 133 Å². The van der Waals surface area contributed by atoms with Gasteiger partial charge in [0.2, 0.25) is 20.8 Å². The number of unbranched alkanes of at least 4 members (excludes halogenated alkanes) is 24. The molecule has 11 heteroatoms. The Hall–Kier alpha value is 0.480. The van der Waals surface area contributed by atoms with Crippen LogP contribution in [-0.2, 0) is 29.2 Å². The van der Waals surface area contributed by atoms with Gasteiger partial charge in [0.25, 0.3) is 0 Å². The zero-order valence-corrected chi connectivity index (χ0v) is 38.7. The van der Waals surface area contributed by atoms with Crippen LogP contribution in [0.1, 0.15) is 220 Å². The Balaban J connectivity index is -0.000000926. The summed E-state index contributed by atoms with van der Waals surface area (Å²) in [7, 11) is -9.19. The largest absolute Gasteiger partial charge is 2.00 e. The minimum absolute atomic E-state index is 0. The molecule has 0 saturated heterocycles. The molecule has 0 aliphatic rings. The van der Waals surface area contributed by atoms with Crippen LogP contribution in [-0.4, -0.2) is 76.9 Å². The summed E-state index contributed by atoms with van der Waals surface area (Å²) in [6.07, 6.45) is 44.7. The second-order valence-electron chi connectivity index (χ2n) is 14.7. The molecule has 2 unspecified atom stereocenters. The Kier molecular flexibility index (Phi) is 47.5. The molecule has 0 aromatic rings. The molecule has 0 aliphatic carbocycles. The zero-order chi connectivity index (χ0) is 39.0. The van der Waals surface area contributed by atoms with E-state index in [1.807, 2.05) is 12.2 Å². The minimum atomic E-state index is -4.59. The van der Waals surface area contributed by atoms with Gasteiger partial charge in [-0.05, 0) is 38.5 Å². The quantitative estimate of drug-likeness (QED) is 0.0198. The predicted octanol–water partition coefficient (Wildman–Crippen LogP) is 12.7. The van der Waals surface area contributed by atoms with Crippen molar-refractivity contribution in [2.75, 3.05) is 13.2 Å². The van der Waals surface area contributed by atoms with Gasteiger partial charge in [0.15, 0.2) is 0 Å². The normalized spacial score (nSPS) is 13.2. The van der Waals surface area contributed by atoms with Crippen molar-refractivity contribution in [2.45, 2.75) is 220 Å². The molecule has 312 valence electrons. The van der Waals surface area contributed by atoms with E-state index in [-0.39, 0.29) is 62.8 Å². The third-order valence-corrected chi connectivity index (χ3v) is 10.3. The van der Waals surface area contributed by atoms with E-state index in [0.717, 1.165) is 51.4 Å². The molecule has 2 atom stereocenters. The predicted molar refractivity (Wildman–Crippen MR) is 224 cm³/mol. The van der Waals surface area contributed by atoms with Gasteiger partial charge in [0.1, 0.15) is 0 Å². The maximum atomic E-state index is 10.7. The third-order valence-electron chi connectivity index (χ3n) is 9.48. The molecule has 0 bridgehead atoms. The van der Waals surface area contributed by atoms with Crippen molar-refractivity contribution >= 4 is 58.5 Å². The van der Waals surface area contributed by atoms with E-state index in [1.165, 1.54) is 141 Å².